The molecule has 6 rings (SSSR count). The normalized spacial score (nSPS) is 59.8. The molecule has 11 atom stereocenters. The van der Waals surface area contributed by atoms with Gasteiger partial charge in [0.25, 0.3) is 0 Å². The van der Waals surface area contributed by atoms with Crippen molar-refractivity contribution >= 4 is 0 Å². The smallest absolute Gasteiger partial charge is 0.122 e. The Bertz CT molecular complexity index is 739. The van der Waals surface area contributed by atoms with Crippen molar-refractivity contribution in [1.29, 1.82) is 0 Å². The van der Waals surface area contributed by atoms with E-state index in [1.54, 1.807) is 5.57 Å². The van der Waals surface area contributed by atoms with Crippen molar-refractivity contribution in [3.05, 3.63) is 11.6 Å². The van der Waals surface area contributed by atoms with Gasteiger partial charge in [-0.15, -0.1) is 0 Å². The fraction of sp³-hybridized carbons (Fsp3) is 0.926. The summed E-state index contributed by atoms with van der Waals surface area (Å²) >= 11 is 0. The summed E-state index contributed by atoms with van der Waals surface area (Å²) in [6, 6.07) is 0. The lowest BCUT2D eigenvalue weighted by molar-refractivity contribution is -0.115. The van der Waals surface area contributed by atoms with Crippen molar-refractivity contribution in [3.63, 3.8) is 0 Å². The summed E-state index contributed by atoms with van der Waals surface area (Å²) in [6.07, 6.45) is 13.8. The molecule has 0 unspecified atom stereocenters. The van der Waals surface area contributed by atoms with Crippen LogP contribution in [0.2, 0.25) is 0 Å². The van der Waals surface area contributed by atoms with E-state index in [0.29, 0.717) is 22.9 Å². The number of allylic oxidation sites excluding steroid dienone is 1. The van der Waals surface area contributed by atoms with E-state index in [-0.39, 0.29) is 11.8 Å². The van der Waals surface area contributed by atoms with Crippen LogP contribution in [-0.2, 0) is 4.74 Å². The average Bonchev–Trinajstić information content (AvgIpc) is 3.16. The molecule has 4 aliphatic carbocycles. The van der Waals surface area contributed by atoms with Crippen LogP contribution in [0.4, 0.5) is 0 Å². The van der Waals surface area contributed by atoms with Crippen LogP contribution in [0.5, 0.6) is 0 Å². The van der Waals surface area contributed by atoms with Crippen LogP contribution in [-0.4, -0.2) is 29.6 Å². The fourth-order valence-corrected chi connectivity index (χ4v) is 9.84. The van der Waals surface area contributed by atoms with Crippen LogP contribution in [0.25, 0.3) is 0 Å². The molecule has 2 saturated heterocycles. The Labute approximate surface area is 183 Å². The standard InChI is InChI=1S/C27H43NO2/c1-16-7-12-27(28-15-16)17(2)24-23(30-27)14-22-20-6-5-18-13-19(29)8-10-25(18,3)21(20)9-11-26(22,24)4/h5,16-17,19-24,28-29H,6-15H2,1-4H3/t16-,17+,19-,20+,21-,22-,23+,24+,25-,26-,27-/m0/s1. The third kappa shape index (κ3) is 2.55. The molecule has 3 saturated carbocycles. The monoisotopic (exact) mass is 413 g/mol. The minimum atomic E-state index is -0.100. The van der Waals surface area contributed by atoms with E-state index in [4.69, 9.17) is 4.74 Å². The van der Waals surface area contributed by atoms with E-state index in [0.717, 1.165) is 49.0 Å². The van der Waals surface area contributed by atoms with Crippen molar-refractivity contribution < 1.29 is 9.84 Å². The van der Waals surface area contributed by atoms with Crippen molar-refractivity contribution in [2.75, 3.05) is 6.54 Å². The molecule has 0 bridgehead atoms. The lowest BCUT2D eigenvalue weighted by Gasteiger charge is -2.58. The molecule has 2 aliphatic heterocycles. The van der Waals surface area contributed by atoms with Crippen molar-refractivity contribution in [1.82, 2.24) is 5.32 Å². The Kier molecular flexibility index (Phi) is 4.44. The van der Waals surface area contributed by atoms with Gasteiger partial charge in [-0.05, 0) is 98.2 Å². The molecule has 6 aliphatic rings. The number of aliphatic hydroxyl groups excluding tert-OH is 1. The van der Waals surface area contributed by atoms with E-state index in [1.807, 2.05) is 0 Å². The van der Waals surface area contributed by atoms with E-state index < -0.39 is 0 Å². The zero-order valence-electron chi connectivity index (χ0n) is 19.6. The summed E-state index contributed by atoms with van der Waals surface area (Å²) in [4.78, 5) is 0. The van der Waals surface area contributed by atoms with Gasteiger partial charge < -0.3 is 9.84 Å². The largest absolute Gasteiger partial charge is 0.393 e. The van der Waals surface area contributed by atoms with Gasteiger partial charge in [-0.3, -0.25) is 5.32 Å². The van der Waals surface area contributed by atoms with E-state index in [2.05, 4.69) is 39.1 Å². The van der Waals surface area contributed by atoms with Crippen LogP contribution >= 0.6 is 0 Å². The highest BCUT2D eigenvalue weighted by molar-refractivity contribution is 5.26. The molecule has 30 heavy (non-hydrogen) atoms. The summed E-state index contributed by atoms with van der Waals surface area (Å²) in [5, 5.41) is 14.1. The SMILES string of the molecule is C[C@H]1CC[C@]2(NC1)O[C@@H]1C[C@H]3[C@@H]4CC=C5C[C@@H](O)CC[C@]5(C)[C@H]4CC[C@]3(C)[C@@H]1[C@H]2C. The number of nitrogens with one attached hydrogen (secondary N) is 1. The maximum atomic E-state index is 10.3. The first-order valence-corrected chi connectivity index (χ1v) is 13.1. The van der Waals surface area contributed by atoms with Gasteiger partial charge in [-0.25, -0.2) is 0 Å². The number of hydrogen-bond acceptors (Lipinski definition) is 3. The number of rotatable bonds is 0. The highest BCUT2D eigenvalue weighted by Crippen LogP contribution is 2.70. The number of aliphatic hydroxyl groups is 1. The zero-order chi connectivity index (χ0) is 20.9. The van der Waals surface area contributed by atoms with Gasteiger partial charge in [-0.2, -0.15) is 0 Å². The molecule has 2 heterocycles. The van der Waals surface area contributed by atoms with Gasteiger partial charge in [0.05, 0.1) is 12.2 Å². The fourth-order valence-electron chi connectivity index (χ4n) is 9.84. The van der Waals surface area contributed by atoms with Gasteiger partial charge in [0.1, 0.15) is 5.72 Å². The average molecular weight is 414 g/mol. The predicted octanol–water partition coefficient (Wildman–Crippen LogP) is 5.29. The summed E-state index contributed by atoms with van der Waals surface area (Å²) in [5.41, 5.74) is 2.33. The topological polar surface area (TPSA) is 41.5 Å². The lowest BCUT2D eigenvalue weighted by Crippen LogP contribution is -2.57. The lowest BCUT2D eigenvalue weighted by atomic mass is 9.47. The molecule has 0 aromatic heterocycles. The first-order chi connectivity index (χ1) is 14.3. The molecule has 0 aromatic carbocycles. The van der Waals surface area contributed by atoms with E-state index in [1.165, 1.54) is 44.9 Å². The molecule has 168 valence electrons. The molecule has 5 fully saturated rings. The molecule has 0 amide bonds. The van der Waals surface area contributed by atoms with Crippen LogP contribution in [0.15, 0.2) is 11.6 Å². The Morgan fingerprint density at radius 1 is 1.07 bits per heavy atom. The van der Waals surface area contributed by atoms with Crippen LogP contribution in [0.1, 0.15) is 85.5 Å². The number of fused-ring (bicyclic) bond motifs is 7. The van der Waals surface area contributed by atoms with Gasteiger partial charge in [0, 0.05) is 12.5 Å². The summed E-state index contributed by atoms with van der Waals surface area (Å²) < 4.78 is 7.00. The second kappa shape index (κ2) is 6.58. The minimum absolute atomic E-state index is 0.0439. The first kappa shape index (κ1) is 20.2. The summed E-state index contributed by atoms with van der Waals surface area (Å²) in [7, 11) is 0. The number of piperidine rings is 1. The third-order valence-corrected chi connectivity index (χ3v) is 11.6. The quantitative estimate of drug-likeness (QED) is 0.530. The van der Waals surface area contributed by atoms with E-state index in [9.17, 15) is 5.11 Å². The summed E-state index contributed by atoms with van der Waals surface area (Å²) in [6.45, 7) is 11.2. The maximum absolute atomic E-state index is 10.3. The Morgan fingerprint density at radius 3 is 2.67 bits per heavy atom. The Balaban J connectivity index is 1.28. The Hall–Kier alpha value is -0.380. The van der Waals surface area contributed by atoms with Crippen molar-refractivity contribution in [2.24, 2.45) is 46.3 Å². The highest BCUT2D eigenvalue weighted by Gasteiger charge is 2.68. The van der Waals surface area contributed by atoms with Crippen molar-refractivity contribution in [3.8, 4) is 0 Å². The zero-order valence-corrected chi connectivity index (χ0v) is 19.6. The second-order valence-electron chi connectivity index (χ2n) is 12.8. The highest BCUT2D eigenvalue weighted by atomic mass is 16.5. The van der Waals surface area contributed by atoms with Crippen LogP contribution in [0.3, 0.4) is 0 Å². The van der Waals surface area contributed by atoms with Gasteiger partial charge >= 0.3 is 0 Å². The summed E-state index contributed by atoms with van der Waals surface area (Å²) in [5.74, 6) is 4.58. The number of ether oxygens (including phenoxy) is 1. The second-order valence-corrected chi connectivity index (χ2v) is 12.8. The molecular formula is C27H43NO2. The van der Waals surface area contributed by atoms with Crippen molar-refractivity contribution in [2.45, 2.75) is 103 Å². The predicted molar refractivity (Wildman–Crippen MR) is 120 cm³/mol. The van der Waals surface area contributed by atoms with Gasteiger partial charge in [0.2, 0.25) is 0 Å². The number of hydrogen-bond donors (Lipinski definition) is 2. The minimum Gasteiger partial charge on any atom is -0.393 e. The first-order valence-electron chi connectivity index (χ1n) is 13.1. The molecule has 2 N–H and O–H groups in total. The van der Waals surface area contributed by atoms with Gasteiger partial charge in [-0.1, -0.05) is 39.3 Å². The molecule has 0 radical (unpaired) electrons. The Morgan fingerprint density at radius 2 is 1.90 bits per heavy atom. The molecular weight excluding hydrogens is 370 g/mol. The molecule has 1 spiro atoms. The molecule has 3 nitrogen and oxygen atoms in total. The van der Waals surface area contributed by atoms with Gasteiger partial charge in [0.15, 0.2) is 0 Å². The third-order valence-electron chi connectivity index (χ3n) is 11.6. The molecule has 0 aromatic rings. The van der Waals surface area contributed by atoms with Crippen LogP contribution in [0, 0.1) is 46.3 Å². The van der Waals surface area contributed by atoms with Crippen LogP contribution < -0.4 is 5.32 Å². The van der Waals surface area contributed by atoms with E-state index >= 15 is 0 Å². The molecule has 3 heteroatoms. The maximum Gasteiger partial charge on any atom is 0.122 e.